The van der Waals surface area contributed by atoms with Gasteiger partial charge in [0.05, 0.1) is 7.11 Å². The number of aromatic hydroxyl groups is 1. The Kier molecular flexibility index (Phi) is 3.94. The average Bonchev–Trinajstić information content (AvgIpc) is 2.33. The minimum atomic E-state index is 0.288. The van der Waals surface area contributed by atoms with Crippen LogP contribution in [-0.2, 0) is 0 Å². The van der Waals surface area contributed by atoms with Crippen molar-refractivity contribution in [1.82, 2.24) is 0 Å². The van der Waals surface area contributed by atoms with E-state index in [0.29, 0.717) is 0 Å². The standard InChI is InChI=1S/C11H10O2.CH4O/c1-13-11-7-6-10(12)8-4-2-3-5-9(8)11;1-2/h2-7,12H,1H3;2H,1H3. The van der Waals surface area contributed by atoms with Crippen molar-refractivity contribution in [3.8, 4) is 11.5 Å². The number of phenolic OH excluding ortho intramolecular Hbond substituents is 1. The fourth-order valence-electron chi connectivity index (χ4n) is 1.43. The highest BCUT2D eigenvalue weighted by Gasteiger charge is 2.03. The molecule has 80 valence electrons. The Labute approximate surface area is 88.6 Å². The molecule has 0 radical (unpaired) electrons. The van der Waals surface area contributed by atoms with Crippen LogP contribution in [0.3, 0.4) is 0 Å². The molecule has 0 spiro atoms. The Bertz CT molecular complexity index is 438. The summed E-state index contributed by atoms with van der Waals surface area (Å²) >= 11 is 0. The van der Waals surface area contributed by atoms with E-state index >= 15 is 0 Å². The van der Waals surface area contributed by atoms with Gasteiger partial charge < -0.3 is 14.9 Å². The summed E-state index contributed by atoms with van der Waals surface area (Å²) in [5.41, 5.74) is 0. The molecule has 0 heterocycles. The van der Waals surface area contributed by atoms with Crippen molar-refractivity contribution in [3.05, 3.63) is 36.4 Å². The van der Waals surface area contributed by atoms with Crippen molar-refractivity contribution < 1.29 is 14.9 Å². The van der Waals surface area contributed by atoms with E-state index in [-0.39, 0.29) is 5.75 Å². The maximum Gasteiger partial charge on any atom is 0.126 e. The van der Waals surface area contributed by atoms with Crippen LogP contribution in [0.25, 0.3) is 10.8 Å². The number of ether oxygens (including phenoxy) is 1. The molecule has 3 nitrogen and oxygen atoms in total. The second kappa shape index (κ2) is 5.22. The number of hydrogen-bond donors (Lipinski definition) is 2. The summed E-state index contributed by atoms with van der Waals surface area (Å²) in [6.07, 6.45) is 0. The Morgan fingerprint density at radius 1 is 0.933 bits per heavy atom. The van der Waals surface area contributed by atoms with Gasteiger partial charge in [-0.2, -0.15) is 0 Å². The van der Waals surface area contributed by atoms with Crippen LogP contribution in [0.2, 0.25) is 0 Å². The number of rotatable bonds is 1. The van der Waals surface area contributed by atoms with Gasteiger partial charge >= 0.3 is 0 Å². The number of hydrogen-bond acceptors (Lipinski definition) is 3. The van der Waals surface area contributed by atoms with Crippen LogP contribution in [-0.4, -0.2) is 24.4 Å². The summed E-state index contributed by atoms with van der Waals surface area (Å²) in [6.45, 7) is 0. The van der Waals surface area contributed by atoms with Crippen molar-refractivity contribution in [2.24, 2.45) is 0 Å². The van der Waals surface area contributed by atoms with Gasteiger partial charge in [-0.15, -0.1) is 0 Å². The first-order valence-corrected chi connectivity index (χ1v) is 4.52. The zero-order valence-corrected chi connectivity index (χ0v) is 8.77. The van der Waals surface area contributed by atoms with Gasteiger partial charge in [0.2, 0.25) is 0 Å². The summed E-state index contributed by atoms with van der Waals surface area (Å²) in [7, 11) is 2.62. The van der Waals surface area contributed by atoms with Gasteiger partial charge in [0.1, 0.15) is 11.5 Å². The van der Waals surface area contributed by atoms with Crippen molar-refractivity contribution in [2.75, 3.05) is 14.2 Å². The van der Waals surface area contributed by atoms with Gasteiger partial charge in [0.25, 0.3) is 0 Å². The number of aliphatic hydroxyl groups excluding tert-OH is 1. The van der Waals surface area contributed by atoms with Crippen LogP contribution in [0.5, 0.6) is 11.5 Å². The lowest BCUT2D eigenvalue weighted by Gasteiger charge is -2.05. The Morgan fingerprint density at radius 2 is 1.53 bits per heavy atom. The van der Waals surface area contributed by atoms with Crippen LogP contribution in [0.15, 0.2) is 36.4 Å². The molecule has 0 aliphatic carbocycles. The van der Waals surface area contributed by atoms with Crippen molar-refractivity contribution in [3.63, 3.8) is 0 Å². The van der Waals surface area contributed by atoms with Gasteiger partial charge in [-0.1, -0.05) is 24.3 Å². The Hall–Kier alpha value is -1.74. The lowest BCUT2D eigenvalue weighted by Crippen LogP contribution is -1.84. The van der Waals surface area contributed by atoms with Crippen LogP contribution in [0.4, 0.5) is 0 Å². The summed E-state index contributed by atoms with van der Waals surface area (Å²) in [4.78, 5) is 0. The lowest BCUT2D eigenvalue weighted by molar-refractivity contribution is 0.399. The van der Waals surface area contributed by atoms with Gasteiger partial charge in [-0.25, -0.2) is 0 Å². The van der Waals surface area contributed by atoms with E-state index in [1.165, 1.54) is 0 Å². The Morgan fingerprint density at radius 3 is 2.13 bits per heavy atom. The highest BCUT2D eigenvalue weighted by molar-refractivity contribution is 5.92. The molecule has 0 unspecified atom stereocenters. The monoisotopic (exact) mass is 206 g/mol. The topological polar surface area (TPSA) is 49.7 Å². The van der Waals surface area contributed by atoms with Crippen LogP contribution in [0, 0.1) is 0 Å². The number of methoxy groups -OCH3 is 1. The zero-order valence-electron chi connectivity index (χ0n) is 8.77. The molecule has 0 saturated heterocycles. The van der Waals surface area contributed by atoms with E-state index in [2.05, 4.69) is 0 Å². The molecule has 0 aliphatic heterocycles. The molecular weight excluding hydrogens is 192 g/mol. The molecule has 0 atom stereocenters. The number of fused-ring (bicyclic) bond motifs is 1. The predicted molar refractivity (Wildman–Crippen MR) is 60.3 cm³/mol. The minimum absolute atomic E-state index is 0.288. The molecule has 0 aliphatic rings. The first-order chi connectivity index (χ1) is 7.33. The van der Waals surface area contributed by atoms with E-state index in [4.69, 9.17) is 9.84 Å². The first kappa shape index (κ1) is 11.3. The van der Waals surface area contributed by atoms with Gasteiger partial charge in [0.15, 0.2) is 0 Å². The van der Waals surface area contributed by atoms with E-state index in [0.717, 1.165) is 23.6 Å². The van der Waals surface area contributed by atoms with Gasteiger partial charge in [0, 0.05) is 17.9 Å². The fraction of sp³-hybridized carbons (Fsp3) is 0.167. The molecule has 2 aromatic carbocycles. The summed E-state index contributed by atoms with van der Waals surface area (Å²) < 4.78 is 5.17. The van der Waals surface area contributed by atoms with E-state index in [9.17, 15) is 5.11 Å². The SMILES string of the molecule is CO.COc1ccc(O)c2ccccc12. The maximum atomic E-state index is 9.54. The van der Waals surface area contributed by atoms with Crippen LogP contribution < -0.4 is 4.74 Å². The zero-order chi connectivity index (χ0) is 11.3. The number of phenols is 1. The highest BCUT2D eigenvalue weighted by atomic mass is 16.5. The number of aliphatic hydroxyl groups is 1. The third-order valence-corrected chi connectivity index (χ3v) is 2.08. The van der Waals surface area contributed by atoms with Crippen molar-refractivity contribution in [2.45, 2.75) is 0 Å². The molecular formula is C12H14O3. The molecule has 0 aromatic heterocycles. The van der Waals surface area contributed by atoms with Crippen LogP contribution >= 0.6 is 0 Å². The molecule has 2 N–H and O–H groups in total. The van der Waals surface area contributed by atoms with Crippen molar-refractivity contribution in [1.29, 1.82) is 0 Å². The fourth-order valence-corrected chi connectivity index (χ4v) is 1.43. The highest BCUT2D eigenvalue weighted by Crippen LogP contribution is 2.31. The van der Waals surface area contributed by atoms with Crippen LogP contribution in [0.1, 0.15) is 0 Å². The summed E-state index contributed by atoms with van der Waals surface area (Å²) in [5.74, 6) is 1.07. The number of benzene rings is 2. The molecule has 0 bridgehead atoms. The molecule has 0 saturated carbocycles. The van der Waals surface area contributed by atoms with E-state index in [1.807, 2.05) is 24.3 Å². The quantitative estimate of drug-likeness (QED) is 0.751. The molecule has 0 fully saturated rings. The first-order valence-electron chi connectivity index (χ1n) is 4.52. The molecule has 0 amide bonds. The summed E-state index contributed by atoms with van der Waals surface area (Å²) in [5, 5.41) is 18.3. The average molecular weight is 206 g/mol. The largest absolute Gasteiger partial charge is 0.507 e. The van der Waals surface area contributed by atoms with Gasteiger partial charge in [-0.3, -0.25) is 0 Å². The molecule has 15 heavy (non-hydrogen) atoms. The van der Waals surface area contributed by atoms with E-state index in [1.54, 1.807) is 19.2 Å². The predicted octanol–water partition coefficient (Wildman–Crippen LogP) is 2.16. The second-order valence-electron chi connectivity index (χ2n) is 2.83. The third-order valence-electron chi connectivity index (χ3n) is 2.08. The van der Waals surface area contributed by atoms with Gasteiger partial charge in [-0.05, 0) is 12.1 Å². The smallest absolute Gasteiger partial charge is 0.126 e. The minimum Gasteiger partial charge on any atom is -0.507 e. The normalized spacial score (nSPS) is 9.27. The summed E-state index contributed by atoms with van der Waals surface area (Å²) in [6, 6.07) is 11.0. The lowest BCUT2D eigenvalue weighted by atomic mass is 10.1. The Balaban J connectivity index is 0.000000531. The third kappa shape index (κ3) is 2.19. The molecule has 2 rings (SSSR count). The second-order valence-corrected chi connectivity index (χ2v) is 2.83. The van der Waals surface area contributed by atoms with Crippen molar-refractivity contribution >= 4 is 10.8 Å². The molecule has 2 aromatic rings. The van der Waals surface area contributed by atoms with E-state index < -0.39 is 0 Å². The maximum absolute atomic E-state index is 9.54. The molecule has 3 heteroatoms.